The molecule has 0 saturated carbocycles. The molecule has 3 rings (SSSR count). The minimum Gasteiger partial charge on any atom is -0.508 e. The molecule has 1 atom stereocenters. The summed E-state index contributed by atoms with van der Waals surface area (Å²) in [5.41, 5.74) is 2.37. The van der Waals surface area contributed by atoms with Crippen molar-refractivity contribution in [3.63, 3.8) is 0 Å². The van der Waals surface area contributed by atoms with E-state index in [-0.39, 0.29) is 11.7 Å². The van der Waals surface area contributed by atoms with Gasteiger partial charge in [-0.25, -0.2) is 0 Å². The lowest BCUT2D eigenvalue weighted by Gasteiger charge is -2.10. The van der Waals surface area contributed by atoms with Crippen LogP contribution in [0.15, 0.2) is 54.7 Å². The van der Waals surface area contributed by atoms with E-state index in [1.54, 1.807) is 12.1 Å². The Bertz CT molecular complexity index is 892. The van der Waals surface area contributed by atoms with E-state index >= 15 is 0 Å². The van der Waals surface area contributed by atoms with Crippen LogP contribution < -0.4 is 5.32 Å². The molecular formula is C18H15N3O2. The number of phenols is 1. The number of amides is 1. The molecule has 1 heterocycles. The molecule has 23 heavy (non-hydrogen) atoms. The number of fused-ring (bicyclic) bond motifs is 1. The van der Waals surface area contributed by atoms with Crippen LogP contribution in [0.3, 0.4) is 0 Å². The molecule has 1 amide bonds. The molecule has 0 radical (unpaired) electrons. The molecule has 0 spiro atoms. The van der Waals surface area contributed by atoms with Crippen molar-refractivity contribution in [1.82, 2.24) is 4.98 Å². The second-order valence-electron chi connectivity index (χ2n) is 5.28. The number of carbonyl (C=O) groups excluding carboxylic acids is 1. The van der Waals surface area contributed by atoms with Crippen LogP contribution in [0, 0.1) is 17.2 Å². The molecule has 5 heteroatoms. The minimum absolute atomic E-state index is 0.0629. The smallest absolute Gasteiger partial charge is 0.242 e. The van der Waals surface area contributed by atoms with Gasteiger partial charge in [-0.3, -0.25) is 4.79 Å². The summed E-state index contributed by atoms with van der Waals surface area (Å²) in [7, 11) is 0. The van der Waals surface area contributed by atoms with Gasteiger partial charge in [-0.1, -0.05) is 24.3 Å². The Morgan fingerprint density at radius 1 is 1.26 bits per heavy atom. The molecule has 0 aliphatic carbocycles. The Morgan fingerprint density at radius 2 is 2.09 bits per heavy atom. The molecule has 0 fully saturated rings. The second kappa shape index (κ2) is 6.24. The lowest BCUT2D eigenvalue weighted by Crippen LogP contribution is -2.23. The first-order valence-electron chi connectivity index (χ1n) is 7.22. The molecule has 2 aromatic carbocycles. The molecule has 5 nitrogen and oxygen atoms in total. The average Bonchev–Trinajstić information content (AvgIpc) is 2.95. The summed E-state index contributed by atoms with van der Waals surface area (Å²) in [6.45, 7) is 0. The summed E-state index contributed by atoms with van der Waals surface area (Å²) in [5, 5.41) is 22.4. The highest BCUT2D eigenvalue weighted by Gasteiger charge is 2.20. The zero-order valence-corrected chi connectivity index (χ0v) is 12.3. The van der Waals surface area contributed by atoms with E-state index in [1.165, 1.54) is 12.1 Å². The van der Waals surface area contributed by atoms with E-state index in [0.717, 1.165) is 16.5 Å². The molecular weight excluding hydrogens is 290 g/mol. The third kappa shape index (κ3) is 3.16. The first-order valence-corrected chi connectivity index (χ1v) is 7.22. The number of rotatable bonds is 4. The highest BCUT2D eigenvalue weighted by molar-refractivity contribution is 5.95. The summed E-state index contributed by atoms with van der Waals surface area (Å²) in [6, 6.07) is 16.1. The molecule has 3 aromatic rings. The van der Waals surface area contributed by atoms with Crippen LogP contribution in [-0.4, -0.2) is 16.0 Å². The fourth-order valence-corrected chi connectivity index (χ4v) is 2.53. The Morgan fingerprint density at radius 3 is 2.87 bits per heavy atom. The van der Waals surface area contributed by atoms with Gasteiger partial charge in [-0.05, 0) is 30.2 Å². The first-order chi connectivity index (χ1) is 11.2. The van der Waals surface area contributed by atoms with Crippen molar-refractivity contribution in [3.8, 4) is 11.8 Å². The van der Waals surface area contributed by atoms with Crippen LogP contribution in [0.4, 0.5) is 5.69 Å². The first kappa shape index (κ1) is 14.7. The SMILES string of the molecule is N#C[C@H](Cc1c[nH]c2ccccc12)C(=O)Nc1cccc(O)c1. The van der Waals surface area contributed by atoms with Crippen LogP contribution in [0.1, 0.15) is 5.56 Å². The molecule has 0 aliphatic heterocycles. The number of benzene rings is 2. The Balaban J connectivity index is 1.77. The van der Waals surface area contributed by atoms with E-state index in [1.807, 2.05) is 30.5 Å². The van der Waals surface area contributed by atoms with E-state index in [0.29, 0.717) is 12.1 Å². The van der Waals surface area contributed by atoms with Gasteiger partial charge in [-0.15, -0.1) is 0 Å². The predicted octanol–water partition coefficient (Wildman–Crippen LogP) is 3.19. The number of H-pyrrole nitrogens is 1. The number of hydrogen-bond acceptors (Lipinski definition) is 3. The van der Waals surface area contributed by atoms with E-state index in [9.17, 15) is 15.2 Å². The molecule has 0 aliphatic rings. The number of nitrogens with zero attached hydrogens (tertiary/aromatic N) is 1. The Labute approximate surface area is 133 Å². The van der Waals surface area contributed by atoms with Crippen molar-refractivity contribution < 1.29 is 9.90 Å². The lowest BCUT2D eigenvalue weighted by atomic mass is 9.99. The highest BCUT2D eigenvalue weighted by atomic mass is 16.3. The third-order valence-corrected chi connectivity index (χ3v) is 3.68. The van der Waals surface area contributed by atoms with Crippen molar-refractivity contribution in [2.45, 2.75) is 6.42 Å². The monoisotopic (exact) mass is 305 g/mol. The van der Waals surface area contributed by atoms with Crippen LogP contribution >= 0.6 is 0 Å². The van der Waals surface area contributed by atoms with Gasteiger partial charge in [0.25, 0.3) is 0 Å². The summed E-state index contributed by atoms with van der Waals surface area (Å²) < 4.78 is 0. The zero-order valence-electron chi connectivity index (χ0n) is 12.3. The van der Waals surface area contributed by atoms with Crippen molar-refractivity contribution in [1.29, 1.82) is 5.26 Å². The van der Waals surface area contributed by atoms with Gasteiger partial charge < -0.3 is 15.4 Å². The van der Waals surface area contributed by atoms with Crippen LogP contribution in [-0.2, 0) is 11.2 Å². The lowest BCUT2D eigenvalue weighted by molar-refractivity contribution is -0.118. The number of anilines is 1. The molecule has 0 bridgehead atoms. The third-order valence-electron chi connectivity index (χ3n) is 3.68. The second-order valence-corrected chi connectivity index (χ2v) is 5.28. The van der Waals surface area contributed by atoms with Crippen LogP contribution in [0.2, 0.25) is 0 Å². The van der Waals surface area contributed by atoms with Gasteiger partial charge in [-0.2, -0.15) is 5.26 Å². The van der Waals surface area contributed by atoms with Gasteiger partial charge in [0.1, 0.15) is 11.7 Å². The van der Waals surface area contributed by atoms with Crippen molar-refractivity contribution in [2.24, 2.45) is 5.92 Å². The number of hydrogen-bond donors (Lipinski definition) is 3. The number of phenolic OH excluding ortho intramolecular Hbond substituents is 1. The van der Waals surface area contributed by atoms with E-state index in [2.05, 4.69) is 16.4 Å². The minimum atomic E-state index is -0.809. The molecule has 0 unspecified atom stereocenters. The van der Waals surface area contributed by atoms with E-state index < -0.39 is 5.92 Å². The zero-order chi connectivity index (χ0) is 16.2. The van der Waals surface area contributed by atoms with Crippen molar-refractivity contribution in [3.05, 3.63) is 60.3 Å². The summed E-state index contributed by atoms with van der Waals surface area (Å²) in [4.78, 5) is 15.4. The summed E-state index contributed by atoms with van der Waals surface area (Å²) >= 11 is 0. The maximum absolute atomic E-state index is 12.3. The highest BCUT2D eigenvalue weighted by Crippen LogP contribution is 2.22. The van der Waals surface area contributed by atoms with E-state index in [4.69, 9.17) is 0 Å². The van der Waals surface area contributed by atoms with Crippen LogP contribution in [0.25, 0.3) is 10.9 Å². The molecule has 114 valence electrons. The van der Waals surface area contributed by atoms with Crippen LogP contribution in [0.5, 0.6) is 5.75 Å². The van der Waals surface area contributed by atoms with Gasteiger partial charge in [0.2, 0.25) is 5.91 Å². The van der Waals surface area contributed by atoms with Crippen molar-refractivity contribution >= 4 is 22.5 Å². The maximum atomic E-state index is 12.3. The summed E-state index contributed by atoms with van der Waals surface area (Å²) in [5.74, 6) is -1.13. The predicted molar refractivity (Wildman–Crippen MR) is 87.8 cm³/mol. The number of aromatic amines is 1. The number of carbonyl (C=O) groups is 1. The van der Waals surface area contributed by atoms with Gasteiger partial charge in [0.15, 0.2) is 0 Å². The quantitative estimate of drug-likeness (QED) is 0.691. The Kier molecular flexibility index (Phi) is 3.98. The fourth-order valence-electron chi connectivity index (χ4n) is 2.53. The van der Waals surface area contributed by atoms with Gasteiger partial charge >= 0.3 is 0 Å². The normalized spacial score (nSPS) is 11.8. The number of aromatic nitrogens is 1. The standard InChI is InChI=1S/C18H15N3O2/c19-10-12(18(23)21-14-4-3-5-15(22)9-14)8-13-11-20-17-7-2-1-6-16(13)17/h1-7,9,11-12,20,22H,8H2,(H,21,23)/t12-/m0/s1. The molecule has 3 N–H and O–H groups in total. The largest absolute Gasteiger partial charge is 0.508 e. The number of nitriles is 1. The Hall–Kier alpha value is -3.26. The molecule has 1 aromatic heterocycles. The molecule has 0 saturated heterocycles. The number of para-hydroxylation sites is 1. The maximum Gasteiger partial charge on any atom is 0.242 e. The fraction of sp³-hybridized carbons (Fsp3) is 0.111. The number of nitrogens with one attached hydrogen (secondary N) is 2. The summed E-state index contributed by atoms with van der Waals surface area (Å²) in [6.07, 6.45) is 2.15. The average molecular weight is 305 g/mol. The van der Waals surface area contributed by atoms with Crippen molar-refractivity contribution in [2.75, 3.05) is 5.32 Å². The van der Waals surface area contributed by atoms with Gasteiger partial charge in [0, 0.05) is 28.9 Å². The van der Waals surface area contributed by atoms with Gasteiger partial charge in [0.05, 0.1) is 6.07 Å². The topological polar surface area (TPSA) is 88.9 Å². The number of aromatic hydroxyl groups is 1.